The number of aryl methyl sites for hydroxylation is 2. The van der Waals surface area contributed by atoms with Gasteiger partial charge in [-0.25, -0.2) is 15.5 Å². The molecule has 3 rings (SSSR count). The van der Waals surface area contributed by atoms with Gasteiger partial charge in [-0.1, -0.05) is 31.5 Å². The standard InChI is InChI=1S/C21H29N5O/c1-3-4-7-18-8-10-19(11-9-18)23-21(24-27)26-15-13-25(14-16-26)20-17(2)6-5-12-22-20/h5-6,8-12,27H,3-4,7,13-16H2,1-2H3,(H,23,24). The molecule has 2 aromatic rings. The van der Waals surface area contributed by atoms with Crippen LogP contribution in [0, 0.1) is 6.92 Å². The molecule has 144 valence electrons. The second kappa shape index (κ2) is 9.37. The van der Waals surface area contributed by atoms with E-state index in [1.165, 1.54) is 24.0 Å². The largest absolute Gasteiger partial charge is 0.353 e. The molecule has 1 fully saturated rings. The summed E-state index contributed by atoms with van der Waals surface area (Å²) in [4.78, 5) is 13.4. The predicted molar refractivity (Wildman–Crippen MR) is 110 cm³/mol. The summed E-state index contributed by atoms with van der Waals surface area (Å²) < 4.78 is 0. The van der Waals surface area contributed by atoms with Crippen molar-refractivity contribution in [3.63, 3.8) is 0 Å². The van der Waals surface area contributed by atoms with Crippen LogP contribution in [-0.4, -0.2) is 47.2 Å². The number of benzene rings is 1. The van der Waals surface area contributed by atoms with E-state index in [9.17, 15) is 5.21 Å². The zero-order valence-corrected chi connectivity index (χ0v) is 16.2. The third-order valence-electron chi connectivity index (χ3n) is 4.95. The lowest BCUT2D eigenvalue weighted by molar-refractivity contribution is 0.207. The molecule has 6 heteroatoms. The minimum absolute atomic E-state index is 0.494. The van der Waals surface area contributed by atoms with Crippen molar-refractivity contribution in [1.82, 2.24) is 15.4 Å². The highest BCUT2D eigenvalue weighted by Crippen LogP contribution is 2.19. The average molecular weight is 367 g/mol. The van der Waals surface area contributed by atoms with E-state index >= 15 is 0 Å². The van der Waals surface area contributed by atoms with E-state index in [2.05, 4.69) is 57.3 Å². The lowest BCUT2D eigenvalue weighted by Gasteiger charge is -2.36. The van der Waals surface area contributed by atoms with E-state index in [4.69, 9.17) is 0 Å². The van der Waals surface area contributed by atoms with Gasteiger partial charge < -0.3 is 9.80 Å². The van der Waals surface area contributed by atoms with E-state index in [1.807, 2.05) is 24.4 Å². The minimum Gasteiger partial charge on any atom is -0.353 e. The quantitative estimate of drug-likeness (QED) is 0.481. The number of nitrogens with one attached hydrogen (secondary N) is 1. The van der Waals surface area contributed by atoms with Gasteiger partial charge in [0.25, 0.3) is 0 Å². The van der Waals surface area contributed by atoms with Gasteiger partial charge >= 0.3 is 0 Å². The van der Waals surface area contributed by atoms with Crippen LogP contribution in [0.2, 0.25) is 0 Å². The summed E-state index contributed by atoms with van der Waals surface area (Å²) in [6.45, 7) is 7.52. The lowest BCUT2D eigenvalue weighted by atomic mass is 10.1. The third kappa shape index (κ3) is 4.98. The lowest BCUT2D eigenvalue weighted by Crippen LogP contribution is -2.52. The Labute approximate surface area is 161 Å². The summed E-state index contributed by atoms with van der Waals surface area (Å²) in [6, 6.07) is 12.3. The van der Waals surface area contributed by atoms with Crippen LogP contribution in [0.4, 0.5) is 11.5 Å². The first-order valence-electron chi connectivity index (χ1n) is 9.70. The second-order valence-corrected chi connectivity index (χ2v) is 6.94. The average Bonchev–Trinajstić information content (AvgIpc) is 2.72. The molecular formula is C21H29N5O. The van der Waals surface area contributed by atoms with Gasteiger partial charge in [-0.15, -0.1) is 0 Å². The monoisotopic (exact) mass is 367 g/mol. The molecular weight excluding hydrogens is 338 g/mol. The number of nitrogens with zero attached hydrogens (tertiary/aromatic N) is 4. The highest BCUT2D eigenvalue weighted by molar-refractivity contribution is 5.82. The fraction of sp³-hybridized carbons (Fsp3) is 0.429. The number of hydrogen-bond acceptors (Lipinski definition) is 4. The van der Waals surface area contributed by atoms with Gasteiger partial charge in [0.1, 0.15) is 5.82 Å². The molecule has 0 aliphatic carbocycles. The Balaban J connectivity index is 1.63. The fourth-order valence-corrected chi connectivity index (χ4v) is 3.35. The van der Waals surface area contributed by atoms with E-state index in [0.29, 0.717) is 5.96 Å². The number of anilines is 1. The first kappa shape index (κ1) is 19.2. The van der Waals surface area contributed by atoms with Gasteiger partial charge in [-0.3, -0.25) is 5.21 Å². The van der Waals surface area contributed by atoms with Crippen LogP contribution in [-0.2, 0) is 6.42 Å². The van der Waals surface area contributed by atoms with Gasteiger partial charge in [0.2, 0.25) is 5.96 Å². The van der Waals surface area contributed by atoms with Crippen molar-refractivity contribution < 1.29 is 5.21 Å². The first-order valence-corrected chi connectivity index (χ1v) is 9.70. The second-order valence-electron chi connectivity index (χ2n) is 6.94. The Bertz CT molecular complexity index is 751. The van der Waals surface area contributed by atoms with Gasteiger partial charge in [0.15, 0.2) is 0 Å². The molecule has 0 bridgehead atoms. The molecule has 0 saturated carbocycles. The first-order chi connectivity index (χ1) is 13.2. The van der Waals surface area contributed by atoms with E-state index in [0.717, 1.165) is 44.1 Å². The minimum atomic E-state index is 0.494. The molecule has 2 heterocycles. The molecule has 0 amide bonds. The SMILES string of the molecule is CCCCc1ccc(N=C(NO)N2CCN(c3ncccc3C)CC2)cc1. The molecule has 1 aromatic carbocycles. The molecule has 0 unspecified atom stereocenters. The van der Waals surface area contributed by atoms with Crippen LogP contribution in [0.5, 0.6) is 0 Å². The summed E-state index contributed by atoms with van der Waals surface area (Å²) in [6.07, 6.45) is 5.33. The van der Waals surface area contributed by atoms with Gasteiger partial charge in [-0.2, -0.15) is 0 Å². The number of hydrogen-bond donors (Lipinski definition) is 2. The van der Waals surface area contributed by atoms with Crippen molar-refractivity contribution >= 4 is 17.5 Å². The molecule has 0 spiro atoms. The number of piperazine rings is 1. The van der Waals surface area contributed by atoms with Crippen molar-refractivity contribution in [2.75, 3.05) is 31.1 Å². The molecule has 1 aromatic heterocycles. The summed E-state index contributed by atoms with van der Waals surface area (Å²) in [7, 11) is 0. The molecule has 27 heavy (non-hydrogen) atoms. The zero-order valence-electron chi connectivity index (χ0n) is 16.2. The Hall–Kier alpha value is -2.60. The van der Waals surface area contributed by atoms with Gasteiger partial charge in [0.05, 0.1) is 5.69 Å². The maximum absolute atomic E-state index is 9.59. The van der Waals surface area contributed by atoms with Crippen molar-refractivity contribution in [3.05, 3.63) is 53.7 Å². The number of aliphatic imine (C=N–C) groups is 1. The van der Waals surface area contributed by atoms with Gasteiger partial charge in [0, 0.05) is 32.4 Å². The van der Waals surface area contributed by atoms with E-state index < -0.39 is 0 Å². The molecule has 6 nitrogen and oxygen atoms in total. The summed E-state index contributed by atoms with van der Waals surface area (Å²) in [5, 5.41) is 9.59. The van der Waals surface area contributed by atoms with Crippen LogP contribution < -0.4 is 10.4 Å². The fourth-order valence-electron chi connectivity index (χ4n) is 3.35. The van der Waals surface area contributed by atoms with Crippen LogP contribution in [0.25, 0.3) is 0 Å². The summed E-state index contributed by atoms with van der Waals surface area (Å²) in [5.41, 5.74) is 5.63. The van der Waals surface area contributed by atoms with Gasteiger partial charge in [-0.05, 0) is 49.1 Å². The van der Waals surface area contributed by atoms with Crippen molar-refractivity contribution in [2.24, 2.45) is 4.99 Å². The molecule has 0 atom stereocenters. The molecule has 1 aliphatic heterocycles. The van der Waals surface area contributed by atoms with Crippen LogP contribution in [0.15, 0.2) is 47.6 Å². The maximum atomic E-state index is 9.59. The number of rotatable bonds is 5. The van der Waals surface area contributed by atoms with E-state index in [-0.39, 0.29) is 0 Å². The smallest absolute Gasteiger partial charge is 0.223 e. The number of pyridine rings is 1. The Morgan fingerprint density at radius 2 is 1.89 bits per heavy atom. The third-order valence-corrected chi connectivity index (χ3v) is 4.95. The van der Waals surface area contributed by atoms with Crippen molar-refractivity contribution in [3.8, 4) is 0 Å². The number of unbranched alkanes of at least 4 members (excludes halogenated alkanes) is 1. The predicted octanol–water partition coefficient (Wildman–Crippen LogP) is 3.52. The van der Waals surface area contributed by atoms with Crippen molar-refractivity contribution in [1.29, 1.82) is 0 Å². The normalized spacial score (nSPS) is 15.1. The summed E-state index contributed by atoms with van der Waals surface area (Å²) >= 11 is 0. The Morgan fingerprint density at radius 3 is 2.52 bits per heavy atom. The summed E-state index contributed by atoms with van der Waals surface area (Å²) in [5.74, 6) is 1.53. The molecule has 0 radical (unpaired) electrons. The highest BCUT2D eigenvalue weighted by atomic mass is 16.5. The highest BCUT2D eigenvalue weighted by Gasteiger charge is 2.21. The molecule has 2 N–H and O–H groups in total. The van der Waals surface area contributed by atoms with Crippen molar-refractivity contribution in [2.45, 2.75) is 33.1 Å². The number of hydroxylamine groups is 1. The number of guanidine groups is 1. The zero-order chi connectivity index (χ0) is 19.1. The number of aromatic nitrogens is 1. The van der Waals surface area contributed by atoms with Crippen LogP contribution >= 0.6 is 0 Å². The maximum Gasteiger partial charge on any atom is 0.223 e. The molecule has 1 aliphatic rings. The molecule has 1 saturated heterocycles. The Kier molecular flexibility index (Phi) is 6.65. The van der Waals surface area contributed by atoms with Crippen LogP contribution in [0.3, 0.4) is 0 Å². The Morgan fingerprint density at radius 1 is 1.15 bits per heavy atom. The van der Waals surface area contributed by atoms with Crippen LogP contribution in [0.1, 0.15) is 30.9 Å². The topological polar surface area (TPSA) is 64.0 Å². The van der Waals surface area contributed by atoms with E-state index in [1.54, 1.807) is 0 Å².